The number of benzene rings is 2. The Labute approximate surface area is 230 Å². The lowest BCUT2D eigenvalue weighted by molar-refractivity contribution is -0.119. The van der Waals surface area contributed by atoms with Gasteiger partial charge in [-0.1, -0.05) is 71.4 Å². The summed E-state index contributed by atoms with van der Waals surface area (Å²) in [6, 6.07) is 12.8. The van der Waals surface area contributed by atoms with Crippen molar-refractivity contribution in [2.75, 3.05) is 16.4 Å². The summed E-state index contributed by atoms with van der Waals surface area (Å²) in [6.07, 6.45) is -0.543. The third-order valence-corrected chi connectivity index (χ3v) is 9.75. The molecule has 0 spiro atoms. The molecule has 3 atom stereocenters. The standard InChI is InChI=1S/C25H27Cl2N3O5S2/c1-25(2,3)35-24(32)28-17(12-15-8-5-4-6-9-15)22(31)29-23-30(18-11-7-10-16(26)21(18)27)19-13-37(33,34)14-20(19)36-23/h4-11,17,19-20H,12-14H2,1-3H3,(H,28,32)/t17-,19+,20+/m1/s1. The second-order valence-electron chi connectivity index (χ2n) is 9.86. The molecule has 37 heavy (non-hydrogen) atoms. The summed E-state index contributed by atoms with van der Waals surface area (Å²) < 4.78 is 30.1. The fourth-order valence-electron chi connectivity index (χ4n) is 4.20. The van der Waals surface area contributed by atoms with Crippen LogP contribution in [0.15, 0.2) is 53.5 Å². The van der Waals surface area contributed by atoms with Crippen molar-refractivity contribution in [2.24, 2.45) is 4.99 Å². The summed E-state index contributed by atoms with van der Waals surface area (Å²) in [5.74, 6) is -0.721. The Kier molecular flexibility index (Phi) is 8.13. The smallest absolute Gasteiger partial charge is 0.408 e. The number of nitrogens with zero attached hydrogens (tertiary/aromatic N) is 2. The molecule has 2 fully saturated rings. The number of thioether (sulfide) groups is 1. The fraction of sp³-hybridized carbons (Fsp3) is 0.400. The molecule has 4 rings (SSSR count). The van der Waals surface area contributed by atoms with Crippen molar-refractivity contribution < 1.29 is 22.7 Å². The summed E-state index contributed by atoms with van der Waals surface area (Å²) in [5.41, 5.74) is 0.548. The van der Waals surface area contributed by atoms with Crippen LogP contribution >= 0.6 is 35.0 Å². The van der Waals surface area contributed by atoms with E-state index >= 15 is 0 Å². The monoisotopic (exact) mass is 583 g/mol. The molecule has 0 unspecified atom stereocenters. The van der Waals surface area contributed by atoms with Gasteiger partial charge in [0.2, 0.25) is 0 Å². The predicted octanol–water partition coefficient (Wildman–Crippen LogP) is 4.73. The van der Waals surface area contributed by atoms with E-state index in [1.807, 2.05) is 30.3 Å². The molecule has 2 aliphatic heterocycles. The highest BCUT2D eigenvalue weighted by atomic mass is 35.5. The number of anilines is 1. The molecule has 0 bridgehead atoms. The molecular formula is C25H27Cl2N3O5S2. The number of carbonyl (C=O) groups is 2. The van der Waals surface area contributed by atoms with Crippen LogP contribution < -0.4 is 10.2 Å². The van der Waals surface area contributed by atoms with Crippen LogP contribution in [0.5, 0.6) is 0 Å². The highest BCUT2D eigenvalue weighted by molar-refractivity contribution is 8.16. The molecule has 2 aromatic carbocycles. The third-order valence-electron chi connectivity index (χ3n) is 5.73. The molecule has 198 valence electrons. The maximum Gasteiger partial charge on any atom is 0.408 e. The van der Waals surface area contributed by atoms with Crippen LogP contribution in [0.2, 0.25) is 10.0 Å². The molecule has 2 amide bonds. The molecule has 0 aromatic heterocycles. The molecular weight excluding hydrogens is 557 g/mol. The van der Waals surface area contributed by atoms with Gasteiger partial charge in [-0.15, -0.1) is 0 Å². The summed E-state index contributed by atoms with van der Waals surface area (Å²) in [7, 11) is -3.26. The SMILES string of the molecule is CC(C)(C)OC(=O)N[C@H](Cc1ccccc1)C(=O)N=C1S[C@H]2CS(=O)(=O)C[C@@H]2N1c1cccc(Cl)c1Cl. The van der Waals surface area contributed by atoms with E-state index in [-0.39, 0.29) is 28.2 Å². The molecule has 8 nitrogen and oxygen atoms in total. The average molecular weight is 585 g/mol. The van der Waals surface area contributed by atoms with E-state index in [0.29, 0.717) is 15.9 Å². The van der Waals surface area contributed by atoms with Crippen LogP contribution in [-0.4, -0.2) is 60.0 Å². The average Bonchev–Trinajstić information content (AvgIpc) is 3.25. The highest BCUT2D eigenvalue weighted by Gasteiger charge is 2.50. The minimum Gasteiger partial charge on any atom is -0.444 e. The topological polar surface area (TPSA) is 105 Å². The van der Waals surface area contributed by atoms with E-state index < -0.39 is 39.5 Å². The fourth-order valence-corrected chi connectivity index (χ4v) is 8.50. The van der Waals surface area contributed by atoms with Gasteiger partial charge in [0, 0.05) is 11.7 Å². The number of halogens is 2. The molecule has 2 aromatic rings. The Bertz CT molecular complexity index is 1330. The van der Waals surface area contributed by atoms with Gasteiger partial charge >= 0.3 is 6.09 Å². The molecule has 0 aliphatic carbocycles. The second kappa shape index (κ2) is 10.8. The Morgan fingerprint density at radius 1 is 1.14 bits per heavy atom. The van der Waals surface area contributed by atoms with Crippen LogP contribution in [0.1, 0.15) is 26.3 Å². The van der Waals surface area contributed by atoms with E-state index in [9.17, 15) is 18.0 Å². The van der Waals surface area contributed by atoms with Crippen molar-refractivity contribution in [1.82, 2.24) is 5.32 Å². The molecule has 1 N–H and O–H groups in total. The van der Waals surface area contributed by atoms with Gasteiger partial charge in [-0.05, 0) is 38.5 Å². The number of fused-ring (bicyclic) bond motifs is 1. The first-order chi connectivity index (χ1) is 17.3. The Balaban J connectivity index is 1.68. The number of aliphatic imine (C=N–C) groups is 1. The molecule has 12 heteroatoms. The molecule has 2 saturated heterocycles. The number of nitrogens with one attached hydrogen (secondary N) is 1. The summed E-state index contributed by atoms with van der Waals surface area (Å²) in [5, 5.41) is 3.17. The van der Waals surface area contributed by atoms with Gasteiger partial charge in [0.15, 0.2) is 15.0 Å². The maximum atomic E-state index is 13.5. The molecule has 2 heterocycles. The predicted molar refractivity (Wildman–Crippen MR) is 149 cm³/mol. The number of amides is 2. The van der Waals surface area contributed by atoms with Crippen LogP contribution in [0, 0.1) is 0 Å². The minimum absolute atomic E-state index is 0.0339. The largest absolute Gasteiger partial charge is 0.444 e. The van der Waals surface area contributed by atoms with E-state index in [4.69, 9.17) is 27.9 Å². The van der Waals surface area contributed by atoms with Crippen LogP contribution in [0.4, 0.5) is 10.5 Å². The van der Waals surface area contributed by atoms with E-state index in [2.05, 4.69) is 10.3 Å². The van der Waals surface area contributed by atoms with Gasteiger partial charge in [0.25, 0.3) is 5.91 Å². The zero-order valence-corrected chi connectivity index (χ0v) is 23.6. The number of sulfone groups is 1. The van der Waals surface area contributed by atoms with Gasteiger partial charge in [-0.2, -0.15) is 4.99 Å². The van der Waals surface area contributed by atoms with Gasteiger partial charge in [0.05, 0.1) is 33.3 Å². The van der Waals surface area contributed by atoms with E-state index in [1.165, 1.54) is 11.8 Å². The number of hydrogen-bond donors (Lipinski definition) is 1. The van der Waals surface area contributed by atoms with Gasteiger partial charge in [0.1, 0.15) is 11.6 Å². The van der Waals surface area contributed by atoms with E-state index in [0.717, 1.165) is 5.56 Å². The van der Waals surface area contributed by atoms with Crippen molar-refractivity contribution in [3.8, 4) is 0 Å². The van der Waals surface area contributed by atoms with Crippen molar-refractivity contribution in [2.45, 2.75) is 50.1 Å². The Morgan fingerprint density at radius 3 is 2.51 bits per heavy atom. The lowest BCUT2D eigenvalue weighted by Gasteiger charge is -2.26. The molecule has 0 radical (unpaired) electrons. The van der Waals surface area contributed by atoms with E-state index in [1.54, 1.807) is 43.9 Å². The molecule has 0 saturated carbocycles. The number of ether oxygens (including phenoxy) is 1. The third kappa shape index (κ3) is 6.79. The zero-order valence-electron chi connectivity index (χ0n) is 20.5. The molecule has 2 aliphatic rings. The first-order valence-corrected chi connectivity index (χ1v) is 15.0. The van der Waals surface area contributed by atoms with Gasteiger partial charge in [-0.25, -0.2) is 13.2 Å². The van der Waals surface area contributed by atoms with Gasteiger partial charge in [-0.3, -0.25) is 4.79 Å². The first kappa shape index (κ1) is 27.8. The highest BCUT2D eigenvalue weighted by Crippen LogP contribution is 2.44. The number of hydrogen-bond acceptors (Lipinski definition) is 6. The van der Waals surface area contributed by atoms with Crippen molar-refractivity contribution >= 4 is 67.7 Å². The minimum atomic E-state index is -3.26. The Morgan fingerprint density at radius 2 is 1.84 bits per heavy atom. The van der Waals surface area contributed by atoms with Crippen LogP contribution in [-0.2, 0) is 25.8 Å². The summed E-state index contributed by atoms with van der Waals surface area (Å²) in [6.45, 7) is 5.19. The lowest BCUT2D eigenvalue weighted by atomic mass is 10.1. The second-order valence-corrected chi connectivity index (χ2v) is 14.0. The summed E-state index contributed by atoms with van der Waals surface area (Å²) in [4.78, 5) is 32.1. The van der Waals surface area contributed by atoms with Crippen molar-refractivity contribution in [3.05, 3.63) is 64.1 Å². The lowest BCUT2D eigenvalue weighted by Crippen LogP contribution is -2.45. The number of alkyl carbamates (subject to hydrolysis) is 1. The number of rotatable bonds is 5. The van der Waals surface area contributed by atoms with Crippen molar-refractivity contribution in [3.63, 3.8) is 0 Å². The number of carbonyl (C=O) groups excluding carboxylic acids is 2. The van der Waals surface area contributed by atoms with Crippen LogP contribution in [0.25, 0.3) is 0 Å². The van der Waals surface area contributed by atoms with Gasteiger partial charge < -0.3 is 15.0 Å². The quantitative estimate of drug-likeness (QED) is 0.542. The number of amidine groups is 1. The Hall–Kier alpha value is -2.27. The maximum absolute atomic E-state index is 13.5. The first-order valence-electron chi connectivity index (χ1n) is 11.6. The zero-order chi connectivity index (χ0) is 27.0. The van der Waals surface area contributed by atoms with Crippen molar-refractivity contribution in [1.29, 1.82) is 0 Å². The summed E-state index contributed by atoms with van der Waals surface area (Å²) >= 11 is 13.9. The normalized spacial score (nSPS) is 22.5. The van der Waals surface area contributed by atoms with Crippen LogP contribution in [0.3, 0.4) is 0 Å².